The largest absolute Gasteiger partial charge is 0.573 e. The van der Waals surface area contributed by atoms with Crippen LogP contribution in [0.15, 0.2) is 48.5 Å². The number of phenols is 1. The highest BCUT2D eigenvalue weighted by Gasteiger charge is 2.30. The van der Waals surface area contributed by atoms with Crippen molar-refractivity contribution in [2.75, 3.05) is 6.54 Å². The minimum atomic E-state index is -4.66. The normalized spacial score (nSPS) is 11.4. The van der Waals surface area contributed by atoms with Gasteiger partial charge < -0.3 is 15.2 Å². The van der Waals surface area contributed by atoms with Crippen molar-refractivity contribution in [2.24, 2.45) is 0 Å². The SMILES string of the molecule is Oc1ccc(CCNCc2ccc(OC(F)(F)F)cc2)cc1. The van der Waals surface area contributed by atoms with Gasteiger partial charge >= 0.3 is 6.36 Å². The molecule has 0 radical (unpaired) electrons. The van der Waals surface area contributed by atoms with Crippen LogP contribution < -0.4 is 10.1 Å². The molecule has 0 atom stereocenters. The Kier molecular flexibility index (Phi) is 5.27. The van der Waals surface area contributed by atoms with E-state index in [1.807, 2.05) is 12.1 Å². The van der Waals surface area contributed by atoms with Crippen LogP contribution in [-0.4, -0.2) is 18.0 Å². The maximum Gasteiger partial charge on any atom is 0.573 e. The summed E-state index contributed by atoms with van der Waals surface area (Å²) < 4.78 is 39.9. The maximum absolute atomic E-state index is 12.0. The van der Waals surface area contributed by atoms with Crippen molar-refractivity contribution in [3.63, 3.8) is 0 Å². The smallest absolute Gasteiger partial charge is 0.508 e. The van der Waals surface area contributed by atoms with E-state index in [0.717, 1.165) is 24.1 Å². The summed E-state index contributed by atoms with van der Waals surface area (Å²) in [5.41, 5.74) is 1.97. The Labute approximate surface area is 126 Å². The van der Waals surface area contributed by atoms with Crippen molar-refractivity contribution >= 4 is 0 Å². The standard InChI is InChI=1S/C16H16F3NO2/c17-16(18,19)22-15-7-3-13(4-8-15)11-20-10-9-12-1-5-14(21)6-2-12/h1-8,20-21H,9-11H2. The zero-order chi connectivity index (χ0) is 16.0. The van der Waals surface area contributed by atoms with E-state index < -0.39 is 6.36 Å². The third-order valence-electron chi connectivity index (χ3n) is 3.01. The number of rotatable bonds is 6. The average Bonchev–Trinajstić information content (AvgIpc) is 2.45. The molecule has 2 aromatic carbocycles. The molecule has 0 amide bonds. The molecule has 2 rings (SSSR count). The van der Waals surface area contributed by atoms with Gasteiger partial charge in [0.05, 0.1) is 0 Å². The second-order valence-electron chi connectivity index (χ2n) is 4.78. The first-order valence-corrected chi connectivity index (χ1v) is 6.76. The van der Waals surface area contributed by atoms with Crippen molar-refractivity contribution in [1.29, 1.82) is 0 Å². The number of hydrogen-bond donors (Lipinski definition) is 2. The molecule has 0 fully saturated rings. The van der Waals surface area contributed by atoms with E-state index in [-0.39, 0.29) is 11.5 Å². The summed E-state index contributed by atoms with van der Waals surface area (Å²) >= 11 is 0. The van der Waals surface area contributed by atoms with E-state index in [2.05, 4.69) is 10.1 Å². The maximum atomic E-state index is 12.0. The van der Waals surface area contributed by atoms with Crippen LogP contribution in [0.1, 0.15) is 11.1 Å². The van der Waals surface area contributed by atoms with E-state index in [4.69, 9.17) is 0 Å². The van der Waals surface area contributed by atoms with E-state index in [1.165, 1.54) is 12.1 Å². The van der Waals surface area contributed by atoms with E-state index in [0.29, 0.717) is 6.54 Å². The second-order valence-corrected chi connectivity index (χ2v) is 4.78. The van der Waals surface area contributed by atoms with Gasteiger partial charge in [-0.25, -0.2) is 0 Å². The molecule has 6 heteroatoms. The molecule has 0 aliphatic carbocycles. The minimum Gasteiger partial charge on any atom is -0.508 e. The molecule has 0 saturated heterocycles. The lowest BCUT2D eigenvalue weighted by molar-refractivity contribution is -0.274. The quantitative estimate of drug-likeness (QED) is 0.801. The molecule has 0 saturated carbocycles. The molecule has 0 heterocycles. The van der Waals surface area contributed by atoms with Gasteiger partial charge in [0.2, 0.25) is 0 Å². The molecule has 3 nitrogen and oxygen atoms in total. The summed E-state index contributed by atoms with van der Waals surface area (Å²) in [7, 11) is 0. The van der Waals surface area contributed by atoms with Crippen LogP contribution >= 0.6 is 0 Å². The summed E-state index contributed by atoms with van der Waals surface area (Å²) in [6.45, 7) is 1.29. The number of aromatic hydroxyl groups is 1. The molecular formula is C16H16F3NO2. The fourth-order valence-electron chi connectivity index (χ4n) is 1.94. The van der Waals surface area contributed by atoms with Gasteiger partial charge in [-0.15, -0.1) is 13.2 Å². The predicted molar refractivity (Wildman–Crippen MR) is 76.6 cm³/mol. The van der Waals surface area contributed by atoms with Crippen molar-refractivity contribution < 1.29 is 23.0 Å². The highest BCUT2D eigenvalue weighted by molar-refractivity contribution is 5.28. The lowest BCUT2D eigenvalue weighted by Gasteiger charge is -2.09. The van der Waals surface area contributed by atoms with Crippen molar-refractivity contribution in [2.45, 2.75) is 19.3 Å². The van der Waals surface area contributed by atoms with Crippen LogP contribution in [0.5, 0.6) is 11.5 Å². The van der Waals surface area contributed by atoms with Gasteiger partial charge in [0.15, 0.2) is 0 Å². The van der Waals surface area contributed by atoms with Gasteiger partial charge in [0.25, 0.3) is 0 Å². The van der Waals surface area contributed by atoms with Gasteiger partial charge in [-0.3, -0.25) is 0 Å². The molecule has 0 bridgehead atoms. The van der Waals surface area contributed by atoms with Gasteiger partial charge in [0, 0.05) is 6.54 Å². The Bertz CT molecular complexity index is 580. The summed E-state index contributed by atoms with van der Waals surface area (Å²) in [4.78, 5) is 0. The molecule has 0 spiro atoms. The van der Waals surface area contributed by atoms with Gasteiger partial charge in [-0.05, 0) is 48.4 Å². The number of phenolic OH excluding ortho intramolecular Hbond substituents is 1. The Hall–Kier alpha value is -2.21. The van der Waals surface area contributed by atoms with E-state index in [9.17, 15) is 18.3 Å². The fourth-order valence-corrected chi connectivity index (χ4v) is 1.94. The zero-order valence-corrected chi connectivity index (χ0v) is 11.7. The minimum absolute atomic E-state index is 0.222. The van der Waals surface area contributed by atoms with Crippen LogP contribution in [0.3, 0.4) is 0 Å². The van der Waals surface area contributed by atoms with Crippen LogP contribution in [0, 0.1) is 0 Å². The lowest BCUT2D eigenvalue weighted by Crippen LogP contribution is -2.18. The second kappa shape index (κ2) is 7.17. The highest BCUT2D eigenvalue weighted by atomic mass is 19.4. The number of alkyl halides is 3. The Morgan fingerprint density at radius 2 is 1.50 bits per heavy atom. The Morgan fingerprint density at radius 1 is 0.909 bits per heavy atom. The zero-order valence-electron chi connectivity index (χ0n) is 11.7. The number of ether oxygens (including phenoxy) is 1. The monoisotopic (exact) mass is 311 g/mol. The first-order chi connectivity index (χ1) is 10.4. The Morgan fingerprint density at radius 3 is 2.09 bits per heavy atom. The van der Waals surface area contributed by atoms with Gasteiger partial charge in [-0.2, -0.15) is 0 Å². The summed E-state index contributed by atoms with van der Waals surface area (Å²) in [6, 6.07) is 12.7. The summed E-state index contributed by atoms with van der Waals surface area (Å²) in [5, 5.41) is 12.4. The molecular weight excluding hydrogens is 295 g/mol. The molecule has 2 N–H and O–H groups in total. The number of halogens is 3. The molecule has 2 aromatic rings. The van der Waals surface area contributed by atoms with E-state index in [1.54, 1.807) is 24.3 Å². The number of benzene rings is 2. The lowest BCUT2D eigenvalue weighted by atomic mass is 10.1. The van der Waals surface area contributed by atoms with Crippen LogP contribution in [0.4, 0.5) is 13.2 Å². The molecule has 0 unspecified atom stereocenters. The first-order valence-electron chi connectivity index (χ1n) is 6.76. The fraction of sp³-hybridized carbons (Fsp3) is 0.250. The van der Waals surface area contributed by atoms with Gasteiger partial charge in [0.1, 0.15) is 11.5 Å². The third-order valence-corrected chi connectivity index (χ3v) is 3.01. The number of hydrogen-bond acceptors (Lipinski definition) is 3. The third kappa shape index (κ3) is 5.65. The molecule has 0 aliphatic rings. The highest BCUT2D eigenvalue weighted by Crippen LogP contribution is 2.22. The molecule has 0 aromatic heterocycles. The number of nitrogens with one attached hydrogen (secondary N) is 1. The predicted octanol–water partition coefficient (Wildman–Crippen LogP) is 3.62. The molecule has 0 aliphatic heterocycles. The van der Waals surface area contributed by atoms with Gasteiger partial charge in [-0.1, -0.05) is 24.3 Å². The summed E-state index contributed by atoms with van der Waals surface area (Å²) in [5.74, 6) is 0.0122. The topological polar surface area (TPSA) is 41.5 Å². The van der Waals surface area contributed by atoms with Crippen molar-refractivity contribution in [3.05, 3.63) is 59.7 Å². The van der Waals surface area contributed by atoms with Crippen LogP contribution in [0.25, 0.3) is 0 Å². The Balaban J connectivity index is 1.74. The molecule has 22 heavy (non-hydrogen) atoms. The summed E-state index contributed by atoms with van der Waals surface area (Å²) in [6.07, 6.45) is -3.86. The molecule has 118 valence electrons. The van der Waals surface area contributed by atoms with Crippen molar-refractivity contribution in [3.8, 4) is 11.5 Å². The first kappa shape index (κ1) is 16.2. The van der Waals surface area contributed by atoms with Crippen LogP contribution in [0.2, 0.25) is 0 Å². The van der Waals surface area contributed by atoms with E-state index >= 15 is 0 Å². The van der Waals surface area contributed by atoms with Crippen molar-refractivity contribution in [1.82, 2.24) is 5.32 Å². The van der Waals surface area contributed by atoms with Crippen LogP contribution in [-0.2, 0) is 13.0 Å². The average molecular weight is 311 g/mol.